The Hall–Kier alpha value is -3.42. The van der Waals surface area contributed by atoms with Gasteiger partial charge in [0, 0.05) is 29.3 Å². The van der Waals surface area contributed by atoms with E-state index in [0.717, 1.165) is 5.39 Å². The zero-order chi connectivity index (χ0) is 20.6. The summed E-state index contributed by atoms with van der Waals surface area (Å²) in [6.45, 7) is 3.74. The van der Waals surface area contributed by atoms with Crippen LogP contribution in [0.1, 0.15) is 25.8 Å². The molecule has 3 N–H and O–H groups in total. The van der Waals surface area contributed by atoms with Gasteiger partial charge in [0.1, 0.15) is 23.2 Å². The Morgan fingerprint density at radius 2 is 2.10 bits per heavy atom. The molecule has 1 aromatic carbocycles. The smallest absolute Gasteiger partial charge is 0.283 e. The van der Waals surface area contributed by atoms with Crippen LogP contribution in [0, 0.1) is 5.82 Å². The van der Waals surface area contributed by atoms with Crippen LogP contribution in [0.5, 0.6) is 5.75 Å². The highest BCUT2D eigenvalue weighted by Gasteiger charge is 2.36. The Balaban J connectivity index is 1.72. The number of hydrogen-bond acceptors (Lipinski definition) is 7. The molecule has 2 aromatic heterocycles. The molecule has 0 fully saturated rings. The molecule has 0 saturated carbocycles. The first kappa shape index (κ1) is 18.9. The molecule has 29 heavy (non-hydrogen) atoms. The monoisotopic (exact) mass is 395 g/mol. The van der Waals surface area contributed by atoms with Crippen molar-refractivity contribution in [1.29, 1.82) is 0 Å². The molecule has 0 spiro atoms. The molecule has 0 saturated heterocycles. The number of nitrogens with two attached hydrogens (primary N) is 1. The van der Waals surface area contributed by atoms with Gasteiger partial charge in [-0.15, -0.1) is 0 Å². The van der Waals surface area contributed by atoms with E-state index in [9.17, 15) is 4.39 Å². The highest BCUT2D eigenvalue weighted by molar-refractivity contribution is 5.90. The zero-order valence-corrected chi connectivity index (χ0v) is 16.4. The van der Waals surface area contributed by atoms with E-state index in [-0.39, 0.29) is 17.9 Å². The Morgan fingerprint density at radius 1 is 1.28 bits per heavy atom. The number of halogens is 1. The van der Waals surface area contributed by atoms with E-state index in [0.29, 0.717) is 34.8 Å². The van der Waals surface area contributed by atoms with Crippen molar-refractivity contribution in [2.24, 2.45) is 10.7 Å². The number of benzene rings is 1. The number of aliphatic imine (C=N–C) groups is 1. The zero-order valence-electron chi connectivity index (χ0n) is 16.4. The van der Waals surface area contributed by atoms with E-state index < -0.39 is 5.54 Å². The molecule has 2 atom stereocenters. The summed E-state index contributed by atoms with van der Waals surface area (Å²) in [5.41, 5.74) is 6.78. The van der Waals surface area contributed by atoms with E-state index >= 15 is 0 Å². The van der Waals surface area contributed by atoms with Crippen molar-refractivity contribution in [2.45, 2.75) is 31.9 Å². The largest absolute Gasteiger partial charge is 0.495 e. The van der Waals surface area contributed by atoms with Crippen LogP contribution in [-0.2, 0) is 10.3 Å². The highest BCUT2D eigenvalue weighted by atomic mass is 19.1. The van der Waals surface area contributed by atoms with Gasteiger partial charge in [-0.2, -0.15) is 0 Å². The number of ether oxygens (including phenoxy) is 2. The van der Waals surface area contributed by atoms with E-state index in [1.54, 1.807) is 31.6 Å². The predicted molar refractivity (Wildman–Crippen MR) is 110 cm³/mol. The summed E-state index contributed by atoms with van der Waals surface area (Å²) in [5.74, 6) is 0.879. The van der Waals surface area contributed by atoms with Crippen LogP contribution < -0.4 is 15.8 Å². The molecule has 0 bridgehead atoms. The Morgan fingerprint density at radius 3 is 2.86 bits per heavy atom. The lowest BCUT2D eigenvalue weighted by Gasteiger charge is -2.34. The van der Waals surface area contributed by atoms with Crippen LogP contribution in [0.2, 0.25) is 0 Å². The van der Waals surface area contributed by atoms with Crippen molar-refractivity contribution in [1.82, 2.24) is 9.97 Å². The molecule has 3 aromatic rings. The first-order chi connectivity index (χ1) is 13.9. The number of nitrogens with one attached hydrogen (secondary N) is 1. The van der Waals surface area contributed by atoms with Crippen LogP contribution in [0.25, 0.3) is 10.9 Å². The highest BCUT2D eigenvalue weighted by Crippen LogP contribution is 2.37. The Labute approximate surface area is 167 Å². The Kier molecular flexibility index (Phi) is 4.70. The van der Waals surface area contributed by atoms with Gasteiger partial charge in [0.2, 0.25) is 0 Å². The molecule has 3 heterocycles. The normalized spacial score (nSPS) is 21.4. The minimum Gasteiger partial charge on any atom is -0.495 e. The summed E-state index contributed by atoms with van der Waals surface area (Å²) < 4.78 is 25.3. The van der Waals surface area contributed by atoms with Crippen LogP contribution in [0.4, 0.5) is 15.9 Å². The third-order valence-corrected chi connectivity index (χ3v) is 4.98. The number of rotatable bonds is 4. The summed E-state index contributed by atoms with van der Waals surface area (Å²) in [6.07, 6.45) is 3.67. The van der Waals surface area contributed by atoms with Gasteiger partial charge in [-0.1, -0.05) is 0 Å². The fraction of sp³-hybridized carbons (Fsp3) is 0.286. The third-order valence-electron chi connectivity index (χ3n) is 4.98. The molecule has 7 nitrogen and oxygen atoms in total. The van der Waals surface area contributed by atoms with Crippen molar-refractivity contribution in [3.05, 3.63) is 54.1 Å². The molecule has 4 rings (SSSR count). The maximum absolute atomic E-state index is 14.7. The summed E-state index contributed by atoms with van der Waals surface area (Å²) in [5, 5.41) is 4.12. The quantitative estimate of drug-likeness (QED) is 0.697. The average Bonchev–Trinajstić information content (AvgIpc) is 2.68. The number of pyridine rings is 2. The minimum atomic E-state index is -0.818. The second-order valence-corrected chi connectivity index (χ2v) is 7.28. The van der Waals surface area contributed by atoms with E-state index in [4.69, 9.17) is 15.2 Å². The molecule has 8 heteroatoms. The molecule has 0 radical (unpaired) electrons. The van der Waals surface area contributed by atoms with Crippen LogP contribution >= 0.6 is 0 Å². The molecule has 0 unspecified atom stereocenters. The molecule has 1 aliphatic heterocycles. The molecule has 1 aliphatic rings. The van der Waals surface area contributed by atoms with Gasteiger partial charge < -0.3 is 20.5 Å². The topological polar surface area (TPSA) is 94.6 Å². The summed E-state index contributed by atoms with van der Waals surface area (Å²) in [6, 6.07) is 8.60. The van der Waals surface area contributed by atoms with Crippen molar-refractivity contribution in [3.8, 4) is 5.75 Å². The van der Waals surface area contributed by atoms with Gasteiger partial charge in [-0.05, 0) is 44.2 Å². The van der Waals surface area contributed by atoms with Gasteiger partial charge in [0.15, 0.2) is 5.82 Å². The van der Waals surface area contributed by atoms with Crippen molar-refractivity contribution in [2.75, 3.05) is 12.4 Å². The number of nitrogens with zero attached hydrogens (tertiary/aromatic N) is 3. The molecule has 0 amide bonds. The van der Waals surface area contributed by atoms with Gasteiger partial charge in [-0.25, -0.2) is 19.4 Å². The van der Waals surface area contributed by atoms with Crippen molar-refractivity contribution < 1.29 is 13.9 Å². The summed E-state index contributed by atoms with van der Waals surface area (Å²) >= 11 is 0. The van der Waals surface area contributed by atoms with Crippen LogP contribution in [0.15, 0.2) is 47.7 Å². The average molecular weight is 395 g/mol. The van der Waals surface area contributed by atoms with Gasteiger partial charge in [0.25, 0.3) is 6.02 Å². The van der Waals surface area contributed by atoms with Gasteiger partial charge in [-0.3, -0.25) is 0 Å². The first-order valence-electron chi connectivity index (χ1n) is 9.26. The fourth-order valence-corrected chi connectivity index (χ4v) is 3.69. The van der Waals surface area contributed by atoms with E-state index in [1.165, 1.54) is 6.07 Å². The second-order valence-electron chi connectivity index (χ2n) is 7.28. The molecule has 0 aliphatic carbocycles. The number of fused-ring (bicyclic) bond motifs is 1. The van der Waals surface area contributed by atoms with Crippen LogP contribution in [0.3, 0.4) is 0 Å². The molecular formula is C21H22FN5O2. The SMILES string of the molecule is COc1cnc2c(Nc3ccc(F)c([C@@]4(C)C[C@@H](C)OC(N)=N4)c3)nccc2c1. The Bertz CT molecular complexity index is 1100. The van der Waals surface area contributed by atoms with Crippen LogP contribution in [-0.4, -0.2) is 29.2 Å². The predicted octanol–water partition coefficient (Wildman–Crippen LogP) is 3.86. The van der Waals surface area contributed by atoms with Crippen molar-refractivity contribution in [3.63, 3.8) is 0 Å². The molecule has 150 valence electrons. The number of amidine groups is 1. The van der Waals surface area contributed by atoms with Gasteiger partial charge >= 0.3 is 0 Å². The summed E-state index contributed by atoms with van der Waals surface area (Å²) in [4.78, 5) is 13.2. The third kappa shape index (κ3) is 3.65. The lowest BCUT2D eigenvalue weighted by Crippen LogP contribution is -2.38. The standard InChI is InChI=1S/C21H22FN5O2/c1-12-10-21(2,27-20(23)29-12)16-9-14(4-5-17(16)22)26-19-18-13(6-7-24-19)8-15(28-3)11-25-18/h4-9,11-12H,10H2,1-3H3,(H2,23,27)(H,24,26)/t12-,21-/m1/s1. The molecular weight excluding hydrogens is 373 g/mol. The van der Waals surface area contributed by atoms with E-state index in [2.05, 4.69) is 20.3 Å². The van der Waals surface area contributed by atoms with E-state index in [1.807, 2.05) is 26.0 Å². The number of methoxy groups -OCH3 is 1. The minimum absolute atomic E-state index is 0.0675. The number of aromatic nitrogens is 2. The second kappa shape index (κ2) is 7.20. The number of hydrogen-bond donors (Lipinski definition) is 2. The lowest BCUT2D eigenvalue weighted by atomic mass is 9.86. The maximum atomic E-state index is 14.7. The van der Waals surface area contributed by atoms with Crippen molar-refractivity contribution >= 4 is 28.4 Å². The lowest BCUT2D eigenvalue weighted by molar-refractivity contribution is 0.134. The van der Waals surface area contributed by atoms with Gasteiger partial charge in [0.05, 0.1) is 18.8 Å². The first-order valence-corrected chi connectivity index (χ1v) is 9.26. The number of anilines is 2. The summed E-state index contributed by atoms with van der Waals surface area (Å²) in [7, 11) is 1.59. The maximum Gasteiger partial charge on any atom is 0.283 e. The fourth-order valence-electron chi connectivity index (χ4n) is 3.69.